The molecule has 0 aliphatic rings. The highest BCUT2D eigenvalue weighted by molar-refractivity contribution is 8.01. The first-order valence-corrected chi connectivity index (χ1v) is 9.21. The topological polar surface area (TPSA) is 61.0 Å². The predicted molar refractivity (Wildman–Crippen MR) is 99.6 cm³/mol. The van der Waals surface area contributed by atoms with Gasteiger partial charge in [0, 0.05) is 17.4 Å². The van der Waals surface area contributed by atoms with Crippen LogP contribution in [-0.2, 0) is 0 Å². The van der Waals surface area contributed by atoms with Gasteiger partial charge in [0.1, 0.15) is 0 Å². The van der Waals surface area contributed by atoms with Crippen molar-refractivity contribution in [2.75, 3.05) is 0 Å². The maximum absolute atomic E-state index is 10.9. The van der Waals surface area contributed by atoms with Crippen molar-refractivity contribution in [1.29, 1.82) is 0 Å². The number of nitrogens with zero attached hydrogens (tertiary/aromatic N) is 3. The van der Waals surface area contributed by atoms with Crippen LogP contribution in [-0.4, -0.2) is 14.7 Å². The molecule has 3 aromatic rings. The third-order valence-corrected chi connectivity index (χ3v) is 5.83. The van der Waals surface area contributed by atoms with Gasteiger partial charge in [0.15, 0.2) is 8.29 Å². The van der Waals surface area contributed by atoms with Crippen molar-refractivity contribution >= 4 is 41.0 Å². The second-order valence-corrected chi connectivity index (χ2v) is 8.20. The maximum Gasteiger partial charge on any atom is 0.269 e. The van der Waals surface area contributed by atoms with Crippen LogP contribution in [0.2, 0.25) is 0 Å². The molecule has 0 amide bonds. The Morgan fingerprint density at radius 2 is 2.00 bits per heavy atom. The molecule has 0 saturated carbocycles. The predicted octanol–water partition coefficient (Wildman–Crippen LogP) is 5.42. The van der Waals surface area contributed by atoms with Crippen molar-refractivity contribution in [2.24, 2.45) is 0 Å². The molecule has 8 heteroatoms. The normalized spacial score (nSPS) is 12.0. The summed E-state index contributed by atoms with van der Waals surface area (Å²) in [5.41, 5.74) is 1.91. The number of nitro groups is 1. The molecule has 0 bridgehead atoms. The van der Waals surface area contributed by atoms with Crippen molar-refractivity contribution in [3.8, 4) is 5.69 Å². The molecule has 0 aliphatic carbocycles. The van der Waals surface area contributed by atoms with E-state index in [4.69, 9.17) is 12.2 Å². The minimum atomic E-state index is -0.380. The Kier molecular flexibility index (Phi) is 5.08. The number of thioether (sulfide) groups is 1. The lowest BCUT2D eigenvalue weighted by Crippen LogP contribution is -1.96. The second kappa shape index (κ2) is 7.25. The summed E-state index contributed by atoms with van der Waals surface area (Å²) in [6.07, 6.45) is 0. The Balaban J connectivity index is 1.83. The van der Waals surface area contributed by atoms with Crippen LogP contribution >= 0.6 is 35.3 Å². The first-order valence-electron chi connectivity index (χ1n) is 7.11. The number of benzene rings is 2. The van der Waals surface area contributed by atoms with Gasteiger partial charge in [-0.25, -0.2) is 4.68 Å². The first-order chi connectivity index (χ1) is 11.5. The molecule has 3 rings (SSSR count). The highest BCUT2D eigenvalue weighted by Gasteiger charge is 2.15. The molecule has 0 radical (unpaired) electrons. The Morgan fingerprint density at radius 3 is 2.71 bits per heavy atom. The molecule has 1 atom stereocenters. The number of non-ortho nitro benzene ring substituents is 1. The van der Waals surface area contributed by atoms with Gasteiger partial charge in [-0.15, -0.1) is 5.10 Å². The van der Waals surface area contributed by atoms with Gasteiger partial charge < -0.3 is 0 Å². The van der Waals surface area contributed by atoms with Crippen LogP contribution in [0.3, 0.4) is 0 Å². The maximum atomic E-state index is 10.9. The van der Waals surface area contributed by atoms with Crippen molar-refractivity contribution in [3.05, 3.63) is 74.2 Å². The van der Waals surface area contributed by atoms with Crippen LogP contribution in [0.4, 0.5) is 5.69 Å². The van der Waals surface area contributed by atoms with E-state index in [1.54, 1.807) is 28.6 Å². The summed E-state index contributed by atoms with van der Waals surface area (Å²) in [6.45, 7) is 2.00. The molecule has 1 heterocycles. The quantitative estimate of drug-likeness (QED) is 0.258. The van der Waals surface area contributed by atoms with E-state index in [0.29, 0.717) is 3.95 Å². The number of hydrogen-bond donors (Lipinski definition) is 0. The molecule has 5 nitrogen and oxygen atoms in total. The Bertz CT molecular complexity index is 922. The molecule has 1 unspecified atom stereocenters. The Hall–Kier alpha value is -2.03. The smallest absolute Gasteiger partial charge is 0.258 e. The zero-order chi connectivity index (χ0) is 17.1. The summed E-state index contributed by atoms with van der Waals surface area (Å²) in [4.78, 5) is 10.5. The minimum absolute atomic E-state index is 0.0367. The van der Waals surface area contributed by atoms with E-state index in [1.807, 2.05) is 43.3 Å². The van der Waals surface area contributed by atoms with Gasteiger partial charge >= 0.3 is 0 Å². The summed E-state index contributed by atoms with van der Waals surface area (Å²) in [6, 6.07) is 16.4. The fourth-order valence-electron chi connectivity index (χ4n) is 2.15. The fraction of sp³-hybridized carbons (Fsp3) is 0.125. The van der Waals surface area contributed by atoms with Crippen molar-refractivity contribution < 1.29 is 4.92 Å². The van der Waals surface area contributed by atoms with Gasteiger partial charge in [-0.3, -0.25) is 10.1 Å². The van der Waals surface area contributed by atoms with Crippen LogP contribution in [0.25, 0.3) is 5.69 Å². The monoisotopic (exact) mass is 375 g/mol. The highest BCUT2D eigenvalue weighted by Crippen LogP contribution is 2.37. The van der Waals surface area contributed by atoms with Crippen LogP contribution in [0.1, 0.15) is 17.7 Å². The molecule has 0 saturated heterocycles. The van der Waals surface area contributed by atoms with Gasteiger partial charge in [0.25, 0.3) is 5.69 Å². The third kappa shape index (κ3) is 3.72. The molecule has 1 aromatic heterocycles. The van der Waals surface area contributed by atoms with E-state index < -0.39 is 0 Å². The second-order valence-electron chi connectivity index (χ2n) is 4.99. The minimum Gasteiger partial charge on any atom is -0.258 e. The van der Waals surface area contributed by atoms with E-state index in [0.717, 1.165) is 15.6 Å². The molecule has 0 spiro atoms. The number of para-hydroxylation sites is 1. The summed E-state index contributed by atoms with van der Waals surface area (Å²) in [5, 5.41) is 15.5. The van der Waals surface area contributed by atoms with Gasteiger partial charge in [0.05, 0.1) is 10.6 Å². The zero-order valence-electron chi connectivity index (χ0n) is 12.7. The van der Waals surface area contributed by atoms with E-state index in [2.05, 4.69) is 5.10 Å². The zero-order valence-corrected chi connectivity index (χ0v) is 15.1. The van der Waals surface area contributed by atoms with Crippen LogP contribution in [0, 0.1) is 14.1 Å². The number of rotatable bonds is 5. The van der Waals surface area contributed by atoms with Gasteiger partial charge in [-0.05, 0) is 36.8 Å². The van der Waals surface area contributed by atoms with Gasteiger partial charge in [0.2, 0.25) is 0 Å². The van der Waals surface area contributed by atoms with Crippen LogP contribution in [0.15, 0.2) is 58.9 Å². The van der Waals surface area contributed by atoms with Crippen molar-refractivity contribution in [1.82, 2.24) is 9.78 Å². The molecular weight excluding hydrogens is 362 g/mol. The van der Waals surface area contributed by atoms with E-state index >= 15 is 0 Å². The molecule has 2 aromatic carbocycles. The standard InChI is InChI=1S/C16H13N3O2S3/c1-11(12-6-5-9-14(10-12)19(20)21)23-15-17-18(16(22)24-15)13-7-3-2-4-8-13/h2-11H,1H3. The summed E-state index contributed by atoms with van der Waals surface area (Å²) >= 11 is 8.38. The fourth-order valence-corrected chi connectivity index (χ4v) is 4.77. The van der Waals surface area contributed by atoms with Crippen LogP contribution < -0.4 is 0 Å². The Morgan fingerprint density at radius 1 is 1.25 bits per heavy atom. The summed E-state index contributed by atoms with van der Waals surface area (Å²) in [7, 11) is 0. The molecule has 0 aliphatic heterocycles. The lowest BCUT2D eigenvalue weighted by molar-refractivity contribution is -0.384. The number of hydrogen-bond acceptors (Lipinski definition) is 6. The summed E-state index contributed by atoms with van der Waals surface area (Å²) < 4.78 is 3.25. The lowest BCUT2D eigenvalue weighted by Gasteiger charge is -2.08. The largest absolute Gasteiger partial charge is 0.269 e. The Labute approximate surface area is 152 Å². The van der Waals surface area contributed by atoms with Crippen molar-refractivity contribution in [3.63, 3.8) is 0 Å². The summed E-state index contributed by atoms with van der Waals surface area (Å²) in [5.74, 6) is 0. The highest BCUT2D eigenvalue weighted by atomic mass is 32.2. The SMILES string of the molecule is CC(Sc1nn(-c2ccccc2)c(=S)s1)c1cccc([N+](=O)[O-])c1. The molecule has 24 heavy (non-hydrogen) atoms. The van der Waals surface area contributed by atoms with E-state index in [9.17, 15) is 10.1 Å². The van der Waals surface area contributed by atoms with Crippen molar-refractivity contribution in [2.45, 2.75) is 16.5 Å². The first kappa shape index (κ1) is 16.8. The molecular formula is C16H13N3O2S3. The molecule has 122 valence electrons. The molecule has 0 N–H and O–H groups in total. The lowest BCUT2D eigenvalue weighted by atomic mass is 10.1. The molecule has 0 fully saturated rings. The van der Waals surface area contributed by atoms with Crippen LogP contribution in [0.5, 0.6) is 0 Å². The average molecular weight is 376 g/mol. The number of nitro benzene ring substituents is 1. The number of aromatic nitrogens is 2. The van der Waals surface area contributed by atoms with E-state index in [-0.39, 0.29) is 15.9 Å². The van der Waals surface area contributed by atoms with Gasteiger partial charge in [-0.2, -0.15) is 0 Å². The third-order valence-electron chi connectivity index (χ3n) is 3.36. The average Bonchev–Trinajstić information content (AvgIpc) is 2.96. The van der Waals surface area contributed by atoms with E-state index in [1.165, 1.54) is 17.4 Å². The van der Waals surface area contributed by atoms with Gasteiger partial charge in [-0.1, -0.05) is 53.4 Å².